The van der Waals surface area contributed by atoms with E-state index in [-0.39, 0.29) is 22.0 Å². The summed E-state index contributed by atoms with van der Waals surface area (Å²) >= 11 is 9.89. The molecule has 0 aromatic heterocycles. The number of rotatable bonds is 6. The van der Waals surface area contributed by atoms with E-state index in [0.717, 1.165) is 10.0 Å². The number of allylic oxidation sites excluding steroid dienone is 6. The summed E-state index contributed by atoms with van der Waals surface area (Å²) < 4.78 is 43.6. The maximum absolute atomic E-state index is 15.5. The normalized spacial score (nSPS) is 17.9. The van der Waals surface area contributed by atoms with Gasteiger partial charge in [0.1, 0.15) is 5.82 Å². The molecule has 1 atom stereocenters. The molecule has 33 heavy (non-hydrogen) atoms. The Hall–Kier alpha value is -2.19. The molecule has 2 N–H and O–H groups in total. The van der Waals surface area contributed by atoms with Crippen LogP contribution >= 0.6 is 27.5 Å². The molecular weight excluding hydrogens is 527 g/mol. The van der Waals surface area contributed by atoms with Gasteiger partial charge in [0, 0.05) is 10.2 Å². The van der Waals surface area contributed by atoms with Gasteiger partial charge in [0.25, 0.3) is 0 Å². The van der Waals surface area contributed by atoms with Crippen molar-refractivity contribution in [1.82, 2.24) is 4.90 Å². The SMILES string of the molecule is C=C1C(Cl)CC(C(/C=C\C)=C/C)=C(c2c(F)cccc2S(=O)(=O)c2ccc(Br)cc2)N1CN. The molecule has 2 aromatic carbocycles. The average Bonchev–Trinajstić information content (AvgIpc) is 2.79. The van der Waals surface area contributed by atoms with E-state index in [1.165, 1.54) is 30.3 Å². The van der Waals surface area contributed by atoms with E-state index in [2.05, 4.69) is 22.5 Å². The van der Waals surface area contributed by atoms with Crippen LogP contribution < -0.4 is 5.73 Å². The van der Waals surface area contributed by atoms with Crippen molar-refractivity contribution in [3.8, 4) is 0 Å². The summed E-state index contributed by atoms with van der Waals surface area (Å²) in [6.07, 6.45) is 5.97. The van der Waals surface area contributed by atoms with Crippen molar-refractivity contribution in [3.63, 3.8) is 0 Å². The molecule has 0 saturated heterocycles. The van der Waals surface area contributed by atoms with Gasteiger partial charge in [-0.15, -0.1) is 11.6 Å². The van der Waals surface area contributed by atoms with Crippen LogP contribution in [0.3, 0.4) is 0 Å². The summed E-state index contributed by atoms with van der Waals surface area (Å²) in [7, 11) is -4.05. The molecule has 0 spiro atoms. The molecule has 1 aliphatic heterocycles. The second-order valence-corrected chi connectivity index (χ2v) is 10.8. The van der Waals surface area contributed by atoms with Crippen LogP contribution in [0.15, 0.2) is 98.4 Å². The number of alkyl halides is 1. The molecule has 0 radical (unpaired) electrons. The Balaban J connectivity index is 2.42. The van der Waals surface area contributed by atoms with Crippen LogP contribution in [-0.2, 0) is 9.84 Å². The minimum absolute atomic E-state index is 0.0418. The number of hydrogen-bond acceptors (Lipinski definition) is 4. The van der Waals surface area contributed by atoms with E-state index in [9.17, 15) is 8.42 Å². The molecule has 1 unspecified atom stereocenters. The molecule has 4 nitrogen and oxygen atoms in total. The molecule has 8 heteroatoms. The zero-order valence-electron chi connectivity index (χ0n) is 18.4. The highest BCUT2D eigenvalue weighted by Crippen LogP contribution is 2.43. The van der Waals surface area contributed by atoms with Crippen molar-refractivity contribution in [2.75, 3.05) is 6.67 Å². The van der Waals surface area contributed by atoms with E-state index in [4.69, 9.17) is 17.3 Å². The summed E-state index contributed by atoms with van der Waals surface area (Å²) in [6, 6.07) is 10.3. The summed E-state index contributed by atoms with van der Waals surface area (Å²) in [5.41, 5.74) is 8.36. The number of halogens is 3. The van der Waals surface area contributed by atoms with Crippen molar-refractivity contribution in [3.05, 3.63) is 100.0 Å². The van der Waals surface area contributed by atoms with Gasteiger partial charge in [0.15, 0.2) is 0 Å². The van der Waals surface area contributed by atoms with E-state index >= 15 is 4.39 Å². The van der Waals surface area contributed by atoms with Crippen molar-refractivity contribution < 1.29 is 12.8 Å². The Bertz CT molecular complexity index is 1270. The zero-order chi connectivity index (χ0) is 24.3. The monoisotopic (exact) mass is 550 g/mol. The number of sulfone groups is 1. The maximum atomic E-state index is 15.5. The lowest BCUT2D eigenvalue weighted by Crippen LogP contribution is -2.36. The van der Waals surface area contributed by atoms with Crippen LogP contribution in [0.5, 0.6) is 0 Å². The van der Waals surface area contributed by atoms with Gasteiger partial charge in [0.05, 0.1) is 33.1 Å². The van der Waals surface area contributed by atoms with Crippen LogP contribution in [0, 0.1) is 5.82 Å². The molecule has 0 aliphatic carbocycles. The van der Waals surface area contributed by atoms with Crippen LogP contribution in [-0.4, -0.2) is 25.4 Å². The third-order valence-electron chi connectivity index (χ3n) is 5.46. The predicted molar refractivity (Wildman–Crippen MR) is 136 cm³/mol. The van der Waals surface area contributed by atoms with Crippen molar-refractivity contribution >= 4 is 43.1 Å². The fraction of sp³-hybridized carbons (Fsp3) is 0.200. The number of nitrogens with two attached hydrogens (primary N) is 1. The molecule has 2 aromatic rings. The molecule has 0 saturated carbocycles. The fourth-order valence-electron chi connectivity index (χ4n) is 3.87. The Morgan fingerprint density at radius 3 is 2.52 bits per heavy atom. The minimum atomic E-state index is -4.05. The quantitative estimate of drug-likeness (QED) is 0.333. The molecule has 0 fully saturated rings. The lowest BCUT2D eigenvalue weighted by Gasteiger charge is -2.38. The van der Waals surface area contributed by atoms with E-state index in [1.54, 1.807) is 17.0 Å². The van der Waals surface area contributed by atoms with Gasteiger partial charge in [-0.1, -0.05) is 46.8 Å². The summed E-state index contributed by atoms with van der Waals surface area (Å²) in [6.45, 7) is 7.73. The standard InChI is InChI=1S/C25H25BrClFN2O2S/c1-4-7-17(5-2)20-14-21(27)16(3)30(15-29)25(20)24-22(28)8-6-9-23(24)33(31,32)19-12-10-18(26)11-13-19/h4-13,21H,3,14-15,29H2,1-2H3/b7-4-,17-5+. The first-order valence-electron chi connectivity index (χ1n) is 10.3. The van der Waals surface area contributed by atoms with E-state index in [0.29, 0.717) is 23.4 Å². The maximum Gasteiger partial charge on any atom is 0.207 e. The first kappa shape index (κ1) is 25.4. The summed E-state index contributed by atoms with van der Waals surface area (Å²) in [4.78, 5) is 1.51. The first-order valence-corrected chi connectivity index (χ1v) is 13.0. The molecule has 1 aliphatic rings. The highest BCUT2D eigenvalue weighted by Gasteiger charge is 2.35. The first-order chi connectivity index (χ1) is 15.7. The second-order valence-electron chi connectivity index (χ2n) is 7.42. The lowest BCUT2D eigenvalue weighted by atomic mass is 9.89. The summed E-state index contributed by atoms with van der Waals surface area (Å²) in [5.74, 6) is -0.670. The molecule has 3 rings (SSSR count). The van der Waals surface area contributed by atoms with Crippen LogP contribution in [0.2, 0.25) is 0 Å². The third kappa shape index (κ3) is 4.87. The lowest BCUT2D eigenvalue weighted by molar-refractivity contribution is 0.459. The second kappa shape index (κ2) is 10.4. The Kier molecular flexibility index (Phi) is 8.00. The Morgan fingerprint density at radius 1 is 1.27 bits per heavy atom. The van der Waals surface area contributed by atoms with Gasteiger partial charge in [-0.2, -0.15) is 0 Å². The van der Waals surface area contributed by atoms with Crippen molar-refractivity contribution in [2.45, 2.75) is 35.4 Å². The highest BCUT2D eigenvalue weighted by atomic mass is 79.9. The topological polar surface area (TPSA) is 63.4 Å². The van der Waals surface area contributed by atoms with Gasteiger partial charge in [-0.05, 0) is 67.8 Å². The zero-order valence-corrected chi connectivity index (χ0v) is 21.5. The van der Waals surface area contributed by atoms with E-state index < -0.39 is 21.0 Å². The van der Waals surface area contributed by atoms with Crippen LogP contribution in [0.25, 0.3) is 5.70 Å². The van der Waals surface area contributed by atoms with Crippen LogP contribution in [0.4, 0.5) is 4.39 Å². The third-order valence-corrected chi connectivity index (χ3v) is 8.21. The number of benzene rings is 2. The van der Waals surface area contributed by atoms with E-state index in [1.807, 2.05) is 32.1 Å². The van der Waals surface area contributed by atoms with Gasteiger partial charge in [0.2, 0.25) is 9.84 Å². The van der Waals surface area contributed by atoms with Gasteiger partial charge in [-0.25, -0.2) is 12.8 Å². The van der Waals surface area contributed by atoms with Crippen molar-refractivity contribution in [2.24, 2.45) is 5.73 Å². The Labute approximate surface area is 208 Å². The largest absolute Gasteiger partial charge is 0.330 e. The van der Waals surface area contributed by atoms with Crippen molar-refractivity contribution in [1.29, 1.82) is 0 Å². The molecule has 0 amide bonds. The minimum Gasteiger partial charge on any atom is -0.330 e. The Morgan fingerprint density at radius 2 is 1.94 bits per heavy atom. The smallest absolute Gasteiger partial charge is 0.207 e. The molecule has 0 bridgehead atoms. The van der Waals surface area contributed by atoms with Gasteiger partial charge >= 0.3 is 0 Å². The highest BCUT2D eigenvalue weighted by molar-refractivity contribution is 9.10. The van der Waals surface area contributed by atoms with Gasteiger partial charge in [-0.3, -0.25) is 0 Å². The number of nitrogens with zero attached hydrogens (tertiary/aromatic N) is 1. The fourth-order valence-corrected chi connectivity index (χ4v) is 5.87. The van der Waals surface area contributed by atoms with Gasteiger partial charge < -0.3 is 10.6 Å². The predicted octanol–water partition coefficient (Wildman–Crippen LogP) is 6.40. The average molecular weight is 552 g/mol. The molecule has 1 heterocycles. The molecule has 174 valence electrons. The molecular formula is C25H25BrClFN2O2S. The number of hydrogen-bond donors (Lipinski definition) is 1. The summed E-state index contributed by atoms with van der Waals surface area (Å²) in [5, 5.41) is -0.467. The van der Waals surface area contributed by atoms with Crippen LogP contribution in [0.1, 0.15) is 25.8 Å².